The maximum atomic E-state index is 14.2. The van der Waals surface area contributed by atoms with Crippen LogP contribution in [0.2, 0.25) is 5.15 Å². The highest BCUT2D eigenvalue weighted by Crippen LogP contribution is 2.31. The SMILES string of the molecule is CN1CCCC1.COc1nc(N2CCCC(C)C2)c2cnc(Cl)c(F)c2n1. The zero-order valence-corrected chi connectivity index (χ0v) is 17.0. The second-order valence-corrected chi connectivity index (χ2v) is 7.72. The molecule has 0 saturated carbocycles. The van der Waals surface area contributed by atoms with Crippen LogP contribution >= 0.6 is 11.6 Å². The molecule has 1 unspecified atom stereocenters. The highest BCUT2D eigenvalue weighted by molar-refractivity contribution is 6.30. The third kappa shape index (κ3) is 4.76. The largest absolute Gasteiger partial charge is 0.467 e. The van der Waals surface area contributed by atoms with Gasteiger partial charge in [-0.3, -0.25) is 0 Å². The van der Waals surface area contributed by atoms with E-state index in [0.717, 1.165) is 19.5 Å². The summed E-state index contributed by atoms with van der Waals surface area (Å²) in [4.78, 5) is 16.8. The fraction of sp³-hybridized carbons (Fsp3) is 0.632. The second kappa shape index (κ2) is 8.97. The Bertz CT molecular complexity index is 784. The summed E-state index contributed by atoms with van der Waals surface area (Å²) in [7, 11) is 3.64. The van der Waals surface area contributed by atoms with E-state index in [1.165, 1.54) is 45.7 Å². The van der Waals surface area contributed by atoms with Crippen molar-refractivity contribution in [3.63, 3.8) is 0 Å². The summed E-state index contributed by atoms with van der Waals surface area (Å²) in [5.74, 6) is 0.590. The van der Waals surface area contributed by atoms with Gasteiger partial charge in [-0.1, -0.05) is 18.5 Å². The topological polar surface area (TPSA) is 54.4 Å². The molecule has 0 aliphatic carbocycles. The molecule has 2 saturated heterocycles. The van der Waals surface area contributed by atoms with Crippen LogP contribution in [0.5, 0.6) is 6.01 Å². The number of halogens is 2. The minimum absolute atomic E-state index is 0.136. The summed E-state index contributed by atoms with van der Waals surface area (Å²) in [5.41, 5.74) is 0.148. The first-order valence-electron chi connectivity index (χ1n) is 9.48. The number of rotatable bonds is 2. The smallest absolute Gasteiger partial charge is 0.318 e. The van der Waals surface area contributed by atoms with Crippen LogP contribution in [-0.4, -0.2) is 60.2 Å². The van der Waals surface area contributed by atoms with Crippen LogP contribution < -0.4 is 9.64 Å². The minimum atomic E-state index is -0.638. The van der Waals surface area contributed by atoms with Crippen molar-refractivity contribution >= 4 is 28.3 Å². The Hall–Kier alpha value is -1.73. The van der Waals surface area contributed by atoms with Gasteiger partial charge in [-0.15, -0.1) is 0 Å². The second-order valence-electron chi connectivity index (χ2n) is 7.36. The number of fused-ring (bicyclic) bond motifs is 1. The van der Waals surface area contributed by atoms with E-state index in [4.69, 9.17) is 16.3 Å². The average Bonchev–Trinajstić information content (AvgIpc) is 3.15. The number of aromatic nitrogens is 3. The van der Waals surface area contributed by atoms with Gasteiger partial charge in [-0.2, -0.15) is 9.97 Å². The number of likely N-dealkylation sites (tertiary alicyclic amines) is 1. The van der Waals surface area contributed by atoms with Gasteiger partial charge in [0, 0.05) is 19.3 Å². The van der Waals surface area contributed by atoms with Crippen LogP contribution in [0.1, 0.15) is 32.6 Å². The standard InChI is InChI=1S/C14H16ClFN4O.C5H11N/c1-8-4-3-5-20(7-8)13-9-6-17-12(15)10(16)11(9)18-14(19-13)21-2;1-6-4-2-3-5-6/h6,8H,3-5,7H2,1-2H3;2-5H2,1H3. The summed E-state index contributed by atoms with van der Waals surface area (Å²) >= 11 is 5.74. The zero-order valence-electron chi connectivity index (χ0n) is 16.2. The lowest BCUT2D eigenvalue weighted by molar-refractivity contribution is 0.379. The van der Waals surface area contributed by atoms with Crippen LogP contribution in [0.25, 0.3) is 10.9 Å². The molecule has 1 atom stereocenters. The first-order chi connectivity index (χ1) is 13.0. The van der Waals surface area contributed by atoms with Crippen LogP contribution in [0, 0.1) is 11.7 Å². The number of methoxy groups -OCH3 is 1. The van der Waals surface area contributed by atoms with Gasteiger partial charge in [0.25, 0.3) is 0 Å². The average molecular weight is 396 g/mol. The van der Waals surface area contributed by atoms with Crippen molar-refractivity contribution in [1.29, 1.82) is 0 Å². The summed E-state index contributed by atoms with van der Waals surface area (Å²) in [6, 6.07) is 0.136. The minimum Gasteiger partial charge on any atom is -0.467 e. The predicted octanol–water partition coefficient (Wildman–Crippen LogP) is 3.77. The molecule has 27 heavy (non-hydrogen) atoms. The van der Waals surface area contributed by atoms with Gasteiger partial charge in [0.2, 0.25) is 0 Å². The van der Waals surface area contributed by atoms with Gasteiger partial charge in [0.15, 0.2) is 11.0 Å². The van der Waals surface area contributed by atoms with Crippen molar-refractivity contribution in [3.8, 4) is 6.01 Å². The highest BCUT2D eigenvalue weighted by Gasteiger charge is 2.23. The van der Waals surface area contributed by atoms with Gasteiger partial charge in [0.05, 0.1) is 12.5 Å². The molecule has 4 heterocycles. The van der Waals surface area contributed by atoms with E-state index in [9.17, 15) is 4.39 Å². The molecule has 2 aromatic rings. The van der Waals surface area contributed by atoms with Gasteiger partial charge >= 0.3 is 6.01 Å². The van der Waals surface area contributed by atoms with E-state index in [2.05, 4.69) is 38.7 Å². The van der Waals surface area contributed by atoms with E-state index < -0.39 is 5.82 Å². The number of pyridine rings is 1. The highest BCUT2D eigenvalue weighted by atomic mass is 35.5. The Balaban J connectivity index is 0.000000299. The summed E-state index contributed by atoms with van der Waals surface area (Å²) < 4.78 is 19.3. The molecule has 2 fully saturated rings. The molecule has 2 aliphatic rings. The van der Waals surface area contributed by atoms with Crippen LogP contribution in [-0.2, 0) is 0 Å². The molecular formula is C19H27ClFN5O. The lowest BCUT2D eigenvalue weighted by atomic mass is 10.00. The first kappa shape index (κ1) is 20.0. The molecule has 2 aromatic heterocycles. The van der Waals surface area contributed by atoms with Crippen molar-refractivity contribution in [3.05, 3.63) is 17.2 Å². The van der Waals surface area contributed by atoms with E-state index >= 15 is 0 Å². The lowest BCUT2D eigenvalue weighted by Gasteiger charge is -2.32. The quantitative estimate of drug-likeness (QED) is 0.721. The van der Waals surface area contributed by atoms with Crippen molar-refractivity contribution in [2.24, 2.45) is 5.92 Å². The van der Waals surface area contributed by atoms with E-state index in [1.807, 2.05) is 0 Å². The zero-order chi connectivity index (χ0) is 19.4. The molecule has 8 heteroatoms. The van der Waals surface area contributed by atoms with E-state index in [1.54, 1.807) is 0 Å². The van der Waals surface area contributed by atoms with Gasteiger partial charge < -0.3 is 14.5 Å². The number of piperidine rings is 1. The maximum Gasteiger partial charge on any atom is 0.318 e. The molecular weight excluding hydrogens is 369 g/mol. The maximum absolute atomic E-state index is 14.2. The third-order valence-corrected chi connectivity index (χ3v) is 5.33. The Morgan fingerprint density at radius 3 is 2.52 bits per heavy atom. The fourth-order valence-corrected chi connectivity index (χ4v) is 3.73. The summed E-state index contributed by atoms with van der Waals surface area (Å²) in [5, 5.41) is 0.369. The normalized spacial score (nSPS) is 20.5. The van der Waals surface area contributed by atoms with Gasteiger partial charge in [-0.05, 0) is 51.7 Å². The summed E-state index contributed by atoms with van der Waals surface area (Å²) in [6.45, 7) is 6.59. The molecule has 148 valence electrons. The molecule has 0 spiro atoms. The summed E-state index contributed by atoms with van der Waals surface area (Å²) in [6.07, 6.45) is 6.62. The van der Waals surface area contributed by atoms with Gasteiger partial charge in [0.1, 0.15) is 11.3 Å². The number of nitrogens with zero attached hydrogens (tertiary/aromatic N) is 5. The van der Waals surface area contributed by atoms with Crippen LogP contribution in [0.4, 0.5) is 10.2 Å². The molecule has 6 nitrogen and oxygen atoms in total. The molecule has 0 bridgehead atoms. The molecule has 0 aromatic carbocycles. The number of hydrogen-bond donors (Lipinski definition) is 0. The van der Waals surface area contributed by atoms with Crippen molar-refractivity contribution in [2.45, 2.75) is 32.6 Å². The van der Waals surface area contributed by atoms with Crippen molar-refractivity contribution < 1.29 is 9.13 Å². The Kier molecular flexibility index (Phi) is 6.65. The number of anilines is 1. The monoisotopic (exact) mass is 395 g/mol. The Morgan fingerprint density at radius 2 is 1.93 bits per heavy atom. The Labute approximate surface area is 164 Å². The van der Waals surface area contributed by atoms with Crippen LogP contribution in [0.15, 0.2) is 6.20 Å². The molecule has 4 rings (SSSR count). The van der Waals surface area contributed by atoms with Crippen molar-refractivity contribution in [1.82, 2.24) is 19.9 Å². The van der Waals surface area contributed by atoms with Gasteiger partial charge in [-0.25, -0.2) is 9.37 Å². The van der Waals surface area contributed by atoms with E-state index in [-0.39, 0.29) is 16.7 Å². The third-order valence-electron chi connectivity index (χ3n) is 5.07. The molecule has 0 amide bonds. The van der Waals surface area contributed by atoms with Crippen molar-refractivity contribution in [2.75, 3.05) is 45.2 Å². The number of hydrogen-bond acceptors (Lipinski definition) is 6. The molecule has 2 aliphatic heterocycles. The van der Waals surface area contributed by atoms with Crippen LogP contribution in [0.3, 0.4) is 0 Å². The molecule has 0 radical (unpaired) electrons. The molecule has 0 N–H and O–H groups in total. The Morgan fingerprint density at radius 1 is 1.19 bits per heavy atom. The van der Waals surface area contributed by atoms with E-state index in [0.29, 0.717) is 17.1 Å². The lowest BCUT2D eigenvalue weighted by Crippen LogP contribution is -2.35. The predicted molar refractivity (Wildman–Crippen MR) is 106 cm³/mol. The first-order valence-corrected chi connectivity index (χ1v) is 9.86. The number of ether oxygens (including phenoxy) is 1. The fourth-order valence-electron chi connectivity index (χ4n) is 3.59.